The van der Waals surface area contributed by atoms with Crippen LogP contribution in [0.25, 0.3) is 16.9 Å². The Kier molecular flexibility index (Phi) is 8.02. The monoisotopic (exact) mass is 522 g/mol. The van der Waals surface area contributed by atoms with Gasteiger partial charge >= 0.3 is 5.97 Å². The van der Waals surface area contributed by atoms with Gasteiger partial charge in [-0.15, -0.1) is 0 Å². The van der Waals surface area contributed by atoms with Crippen molar-refractivity contribution in [3.05, 3.63) is 53.1 Å². The van der Waals surface area contributed by atoms with Crippen LogP contribution in [0.4, 0.5) is 4.39 Å². The van der Waals surface area contributed by atoms with Gasteiger partial charge in [0.2, 0.25) is 0 Å². The zero-order chi connectivity index (χ0) is 26.6. The highest BCUT2D eigenvalue weighted by Crippen LogP contribution is 2.26. The predicted octanol–water partition coefficient (Wildman–Crippen LogP) is 4.77. The summed E-state index contributed by atoms with van der Waals surface area (Å²) in [5.74, 6) is -0.958. The summed E-state index contributed by atoms with van der Waals surface area (Å²) in [7, 11) is 0. The van der Waals surface area contributed by atoms with Gasteiger partial charge in [-0.3, -0.25) is 9.59 Å². The molecular formula is C29H35FN4O4. The lowest BCUT2D eigenvalue weighted by Crippen LogP contribution is -2.38. The van der Waals surface area contributed by atoms with Gasteiger partial charge in [0.1, 0.15) is 18.1 Å². The summed E-state index contributed by atoms with van der Waals surface area (Å²) in [6.45, 7) is 5.75. The number of esters is 1. The van der Waals surface area contributed by atoms with Crippen LogP contribution in [-0.2, 0) is 27.1 Å². The van der Waals surface area contributed by atoms with Crippen molar-refractivity contribution in [2.75, 3.05) is 19.8 Å². The third-order valence-electron chi connectivity index (χ3n) is 7.51. The molecule has 2 saturated heterocycles. The smallest absolute Gasteiger partial charge is 0.310 e. The average Bonchev–Trinajstić information content (AvgIpc) is 3.53. The molecule has 202 valence electrons. The molecule has 2 aliphatic heterocycles. The maximum Gasteiger partial charge on any atom is 0.310 e. The van der Waals surface area contributed by atoms with Crippen molar-refractivity contribution in [3.63, 3.8) is 0 Å². The number of hydrogen-bond acceptors (Lipinski definition) is 6. The Labute approximate surface area is 222 Å². The number of nitrogens with zero attached hydrogens (tertiary/aromatic N) is 4. The minimum Gasteiger partial charge on any atom is -0.463 e. The number of carbonyl (C=O) groups excluding carboxylic acids is 2. The van der Waals surface area contributed by atoms with E-state index in [0.717, 1.165) is 50.8 Å². The van der Waals surface area contributed by atoms with Crippen molar-refractivity contribution in [2.24, 2.45) is 0 Å². The minimum atomic E-state index is -0.481. The average molecular weight is 523 g/mol. The number of ether oxygens (including phenoxy) is 2. The van der Waals surface area contributed by atoms with E-state index in [1.165, 1.54) is 6.07 Å². The van der Waals surface area contributed by atoms with E-state index in [-0.39, 0.29) is 31.1 Å². The number of aromatic nitrogens is 3. The highest BCUT2D eigenvalue weighted by Gasteiger charge is 2.25. The number of amides is 1. The summed E-state index contributed by atoms with van der Waals surface area (Å²) in [6, 6.07) is 8.35. The van der Waals surface area contributed by atoms with Crippen molar-refractivity contribution in [2.45, 2.75) is 77.4 Å². The molecule has 0 radical (unpaired) electrons. The molecule has 3 aromatic rings. The first-order valence-corrected chi connectivity index (χ1v) is 13.7. The molecule has 2 atom stereocenters. The van der Waals surface area contributed by atoms with Gasteiger partial charge in [0, 0.05) is 36.5 Å². The third kappa shape index (κ3) is 5.72. The van der Waals surface area contributed by atoms with Gasteiger partial charge in [0.25, 0.3) is 5.91 Å². The summed E-state index contributed by atoms with van der Waals surface area (Å²) in [5, 5.41) is 4.61. The molecule has 9 heteroatoms. The van der Waals surface area contributed by atoms with E-state index >= 15 is 4.39 Å². The van der Waals surface area contributed by atoms with Crippen LogP contribution in [-0.4, -0.2) is 63.3 Å². The molecule has 0 spiro atoms. The van der Waals surface area contributed by atoms with Crippen LogP contribution in [0.3, 0.4) is 0 Å². The van der Waals surface area contributed by atoms with Gasteiger partial charge in [0.15, 0.2) is 5.65 Å². The molecule has 2 aromatic heterocycles. The summed E-state index contributed by atoms with van der Waals surface area (Å²) in [5.41, 5.74) is 2.99. The zero-order valence-electron chi connectivity index (χ0n) is 22.1. The first kappa shape index (κ1) is 26.3. The van der Waals surface area contributed by atoms with E-state index in [1.54, 1.807) is 28.8 Å². The first-order chi connectivity index (χ1) is 18.4. The Morgan fingerprint density at radius 1 is 1.13 bits per heavy atom. The van der Waals surface area contributed by atoms with Crippen molar-refractivity contribution in [1.29, 1.82) is 0 Å². The molecule has 1 aromatic carbocycles. The van der Waals surface area contributed by atoms with Crippen LogP contribution >= 0.6 is 0 Å². The largest absolute Gasteiger partial charge is 0.463 e. The van der Waals surface area contributed by atoms with Crippen molar-refractivity contribution in [3.8, 4) is 11.3 Å². The minimum absolute atomic E-state index is 0.0168. The topological polar surface area (TPSA) is 86.0 Å². The molecule has 2 aliphatic rings. The van der Waals surface area contributed by atoms with Crippen molar-refractivity contribution >= 4 is 17.5 Å². The van der Waals surface area contributed by atoms with E-state index in [2.05, 4.69) is 17.0 Å². The maximum absolute atomic E-state index is 15.2. The highest BCUT2D eigenvalue weighted by atomic mass is 19.1. The number of rotatable bonds is 7. The Morgan fingerprint density at radius 3 is 2.76 bits per heavy atom. The normalized spacial score (nSPS) is 20.0. The van der Waals surface area contributed by atoms with E-state index < -0.39 is 11.8 Å². The molecule has 0 aliphatic carbocycles. The second-order valence-electron chi connectivity index (χ2n) is 10.3. The predicted molar refractivity (Wildman–Crippen MR) is 140 cm³/mol. The van der Waals surface area contributed by atoms with Crippen LogP contribution in [0.1, 0.15) is 74.1 Å². The van der Waals surface area contributed by atoms with Gasteiger partial charge in [-0.05, 0) is 62.8 Å². The number of fused-ring (bicyclic) bond motifs is 1. The zero-order valence-corrected chi connectivity index (χ0v) is 22.1. The number of likely N-dealkylation sites (tertiary alicyclic amines) is 1. The fraction of sp³-hybridized carbons (Fsp3) is 0.517. The maximum atomic E-state index is 15.2. The summed E-state index contributed by atoms with van der Waals surface area (Å²) < 4.78 is 27.6. The quantitative estimate of drug-likeness (QED) is 0.416. The second kappa shape index (κ2) is 11.6. The lowest BCUT2D eigenvalue weighted by Gasteiger charge is -2.27. The number of benzene rings is 1. The van der Waals surface area contributed by atoms with Gasteiger partial charge in [-0.2, -0.15) is 5.10 Å². The van der Waals surface area contributed by atoms with E-state index in [1.807, 2.05) is 11.8 Å². The van der Waals surface area contributed by atoms with Crippen LogP contribution in [0, 0.1) is 5.82 Å². The lowest BCUT2D eigenvalue weighted by molar-refractivity contribution is -0.146. The van der Waals surface area contributed by atoms with Gasteiger partial charge in [-0.1, -0.05) is 25.8 Å². The second-order valence-corrected chi connectivity index (χ2v) is 10.3. The molecular weight excluding hydrogens is 487 g/mol. The first-order valence-electron chi connectivity index (χ1n) is 13.7. The lowest BCUT2D eigenvalue weighted by atomic mass is 10.1. The number of halogens is 1. The van der Waals surface area contributed by atoms with Crippen LogP contribution in [0.15, 0.2) is 30.3 Å². The van der Waals surface area contributed by atoms with Gasteiger partial charge in [-0.25, -0.2) is 13.9 Å². The van der Waals surface area contributed by atoms with Crippen LogP contribution in [0.2, 0.25) is 0 Å². The standard InChI is InChI=1S/C29H35FN4O4/c1-3-21-16-26(29(36)33-12-6-4-5-8-19(33)2)31-27-17-25(32-34(21)27)23-11-10-20(14-24(23)30)15-28(35)38-18-22-9-7-13-37-22/h10-11,14,16-17,19,22H,3-9,12-13,15,18H2,1-2H3. The van der Waals surface area contributed by atoms with E-state index in [0.29, 0.717) is 41.2 Å². The molecule has 0 N–H and O–H groups in total. The summed E-state index contributed by atoms with van der Waals surface area (Å²) in [4.78, 5) is 32.1. The van der Waals surface area contributed by atoms with E-state index in [4.69, 9.17) is 9.47 Å². The SMILES string of the molecule is CCc1cc(C(=O)N2CCCCCC2C)nc2cc(-c3ccc(CC(=O)OCC4CCCO4)cc3F)nn12. The molecule has 38 heavy (non-hydrogen) atoms. The van der Waals surface area contributed by atoms with Crippen molar-refractivity contribution < 1.29 is 23.5 Å². The van der Waals surface area contributed by atoms with Crippen LogP contribution in [0.5, 0.6) is 0 Å². The van der Waals surface area contributed by atoms with E-state index in [9.17, 15) is 9.59 Å². The fourth-order valence-corrected chi connectivity index (χ4v) is 5.31. The molecule has 2 unspecified atom stereocenters. The fourth-order valence-electron chi connectivity index (χ4n) is 5.31. The molecule has 4 heterocycles. The van der Waals surface area contributed by atoms with Crippen LogP contribution < -0.4 is 0 Å². The molecule has 5 rings (SSSR count). The van der Waals surface area contributed by atoms with Gasteiger partial charge in [0.05, 0.1) is 18.2 Å². The Morgan fingerprint density at radius 2 is 2.00 bits per heavy atom. The molecule has 1 amide bonds. The Hall–Kier alpha value is -3.33. The molecule has 0 bridgehead atoms. The van der Waals surface area contributed by atoms with Crippen molar-refractivity contribution in [1.82, 2.24) is 19.5 Å². The number of hydrogen-bond donors (Lipinski definition) is 0. The molecule has 0 saturated carbocycles. The Bertz CT molecular complexity index is 1320. The third-order valence-corrected chi connectivity index (χ3v) is 7.51. The van der Waals surface area contributed by atoms with Gasteiger partial charge < -0.3 is 14.4 Å². The number of carbonyl (C=O) groups is 2. The number of aryl methyl sites for hydroxylation is 1. The molecule has 8 nitrogen and oxygen atoms in total. The Balaban J connectivity index is 1.35. The highest BCUT2D eigenvalue weighted by molar-refractivity contribution is 5.93. The summed E-state index contributed by atoms with van der Waals surface area (Å²) in [6.07, 6.45) is 6.70. The summed E-state index contributed by atoms with van der Waals surface area (Å²) >= 11 is 0. The molecule has 2 fully saturated rings.